The number of aromatic nitrogens is 1. The van der Waals surface area contributed by atoms with Crippen molar-refractivity contribution in [3.63, 3.8) is 0 Å². The summed E-state index contributed by atoms with van der Waals surface area (Å²) in [6, 6.07) is 9.25. The van der Waals surface area contributed by atoms with Gasteiger partial charge in [0.15, 0.2) is 0 Å². The van der Waals surface area contributed by atoms with Crippen LogP contribution in [-0.4, -0.2) is 16.1 Å². The highest BCUT2D eigenvalue weighted by atomic mass is 79.9. The van der Waals surface area contributed by atoms with Gasteiger partial charge in [-0.1, -0.05) is 22.0 Å². The molecule has 0 bridgehead atoms. The summed E-state index contributed by atoms with van der Waals surface area (Å²) in [4.78, 5) is 14.6. The van der Waals surface area contributed by atoms with Crippen LogP contribution >= 0.6 is 15.9 Å². The normalized spacial score (nSPS) is 11.2. The number of hydrogen-bond donors (Lipinski definition) is 2. The molecule has 0 atom stereocenters. The molecule has 0 aliphatic carbocycles. The first-order chi connectivity index (χ1) is 8.58. The lowest BCUT2D eigenvalue weighted by molar-refractivity contribution is 0.0699. The van der Waals surface area contributed by atoms with Gasteiger partial charge in [0, 0.05) is 26.3 Å². The van der Waals surface area contributed by atoms with E-state index in [9.17, 15) is 9.90 Å². The number of benzene rings is 2. The van der Waals surface area contributed by atoms with E-state index in [2.05, 4.69) is 20.9 Å². The molecule has 3 nitrogen and oxygen atoms in total. The number of carbonyl (C=O) groups is 1. The fourth-order valence-electron chi connectivity index (χ4n) is 2.42. The third-order valence-electron chi connectivity index (χ3n) is 3.11. The number of halogens is 1. The minimum absolute atomic E-state index is 0.337. The topological polar surface area (TPSA) is 53.1 Å². The molecule has 4 heteroatoms. The van der Waals surface area contributed by atoms with E-state index in [1.165, 1.54) is 0 Å². The average Bonchev–Trinajstić information content (AvgIpc) is 2.65. The van der Waals surface area contributed by atoms with Crippen LogP contribution in [0.2, 0.25) is 0 Å². The van der Waals surface area contributed by atoms with E-state index in [0.717, 1.165) is 31.8 Å². The van der Waals surface area contributed by atoms with Gasteiger partial charge < -0.3 is 10.1 Å². The molecule has 2 aromatic carbocycles. The maximum atomic E-state index is 11.3. The van der Waals surface area contributed by atoms with Gasteiger partial charge in [0.05, 0.1) is 5.56 Å². The highest BCUT2D eigenvalue weighted by Gasteiger charge is 2.15. The Morgan fingerprint density at radius 3 is 2.72 bits per heavy atom. The van der Waals surface area contributed by atoms with Crippen molar-refractivity contribution >= 4 is 43.7 Å². The van der Waals surface area contributed by atoms with Gasteiger partial charge in [-0.05, 0) is 36.8 Å². The Labute approximate surface area is 112 Å². The van der Waals surface area contributed by atoms with Gasteiger partial charge in [0.2, 0.25) is 0 Å². The summed E-state index contributed by atoms with van der Waals surface area (Å²) in [5, 5.41) is 11.0. The summed E-state index contributed by atoms with van der Waals surface area (Å²) < 4.78 is 0.982. The maximum Gasteiger partial charge on any atom is 0.336 e. The molecule has 0 aliphatic heterocycles. The summed E-state index contributed by atoms with van der Waals surface area (Å²) in [7, 11) is 0. The molecule has 0 amide bonds. The van der Waals surface area contributed by atoms with Gasteiger partial charge in [-0.25, -0.2) is 4.79 Å². The largest absolute Gasteiger partial charge is 0.478 e. The summed E-state index contributed by atoms with van der Waals surface area (Å²) in [6.07, 6.45) is 0. The van der Waals surface area contributed by atoms with E-state index < -0.39 is 5.97 Å². The van der Waals surface area contributed by atoms with Crippen LogP contribution in [-0.2, 0) is 0 Å². The number of aryl methyl sites for hydroxylation is 1. The van der Waals surface area contributed by atoms with Crippen LogP contribution in [0.1, 0.15) is 15.9 Å². The second-order valence-corrected chi connectivity index (χ2v) is 5.22. The van der Waals surface area contributed by atoms with Crippen molar-refractivity contribution in [2.75, 3.05) is 0 Å². The van der Waals surface area contributed by atoms with Gasteiger partial charge >= 0.3 is 5.97 Å². The smallest absolute Gasteiger partial charge is 0.336 e. The second kappa shape index (κ2) is 3.85. The highest BCUT2D eigenvalue weighted by Crippen LogP contribution is 2.32. The van der Waals surface area contributed by atoms with Crippen molar-refractivity contribution in [2.45, 2.75) is 6.92 Å². The predicted molar refractivity (Wildman–Crippen MR) is 75.2 cm³/mol. The molecule has 0 spiro atoms. The Hall–Kier alpha value is -1.81. The van der Waals surface area contributed by atoms with Crippen molar-refractivity contribution in [1.29, 1.82) is 0 Å². The Morgan fingerprint density at radius 2 is 2.00 bits per heavy atom. The van der Waals surface area contributed by atoms with Gasteiger partial charge in [-0.2, -0.15) is 0 Å². The monoisotopic (exact) mass is 303 g/mol. The minimum atomic E-state index is -0.899. The number of H-pyrrole nitrogens is 1. The fourth-order valence-corrected chi connectivity index (χ4v) is 2.99. The van der Waals surface area contributed by atoms with Gasteiger partial charge in [0.25, 0.3) is 0 Å². The second-order valence-electron chi connectivity index (χ2n) is 4.30. The van der Waals surface area contributed by atoms with Gasteiger partial charge in [-0.15, -0.1) is 0 Å². The number of rotatable bonds is 1. The van der Waals surface area contributed by atoms with Crippen molar-refractivity contribution in [1.82, 2.24) is 4.98 Å². The lowest BCUT2D eigenvalue weighted by Gasteiger charge is -2.01. The Morgan fingerprint density at radius 1 is 1.22 bits per heavy atom. The standard InChI is InChI=1S/C14H10BrNO2/c1-7-5-8(15)6-11-12(7)13-9(14(17)18)3-2-4-10(13)16-11/h2-6,16H,1H3,(H,17,18). The highest BCUT2D eigenvalue weighted by molar-refractivity contribution is 9.10. The lowest BCUT2D eigenvalue weighted by atomic mass is 10.0. The molecule has 0 aliphatic rings. The average molecular weight is 304 g/mol. The van der Waals surface area contributed by atoms with E-state index in [1.54, 1.807) is 12.1 Å². The molecule has 1 heterocycles. The SMILES string of the molecule is Cc1cc(Br)cc2[nH]c3cccc(C(=O)O)c3c12. The number of carboxylic acid groups (broad SMARTS) is 1. The molecular weight excluding hydrogens is 294 g/mol. The summed E-state index contributed by atoms with van der Waals surface area (Å²) >= 11 is 3.45. The number of aromatic amines is 1. The van der Waals surface area contributed by atoms with E-state index in [-0.39, 0.29) is 0 Å². The summed E-state index contributed by atoms with van der Waals surface area (Å²) in [6.45, 7) is 1.99. The first kappa shape index (κ1) is 11.3. The molecule has 2 N–H and O–H groups in total. The minimum Gasteiger partial charge on any atom is -0.478 e. The van der Waals surface area contributed by atoms with Crippen LogP contribution < -0.4 is 0 Å². The Kier molecular flexibility index (Phi) is 2.41. The Bertz CT molecular complexity index is 789. The molecule has 0 radical (unpaired) electrons. The van der Waals surface area contributed by atoms with Gasteiger partial charge in [0.1, 0.15) is 0 Å². The Balaban J connectivity index is 2.59. The van der Waals surface area contributed by atoms with Crippen LogP contribution in [0.15, 0.2) is 34.8 Å². The van der Waals surface area contributed by atoms with E-state index in [1.807, 2.05) is 25.1 Å². The maximum absolute atomic E-state index is 11.3. The quantitative estimate of drug-likeness (QED) is 0.711. The van der Waals surface area contributed by atoms with E-state index in [4.69, 9.17) is 0 Å². The van der Waals surface area contributed by atoms with E-state index >= 15 is 0 Å². The van der Waals surface area contributed by atoms with E-state index in [0.29, 0.717) is 5.56 Å². The predicted octanol–water partition coefficient (Wildman–Crippen LogP) is 4.09. The molecule has 3 rings (SSSR count). The molecular formula is C14H10BrNO2. The third kappa shape index (κ3) is 1.53. The molecule has 0 fully saturated rings. The molecule has 0 saturated heterocycles. The zero-order valence-electron chi connectivity index (χ0n) is 9.62. The van der Waals surface area contributed by atoms with Crippen LogP contribution in [0.4, 0.5) is 0 Å². The summed E-state index contributed by atoms with van der Waals surface area (Å²) in [5.74, 6) is -0.899. The first-order valence-corrected chi connectivity index (χ1v) is 6.31. The number of fused-ring (bicyclic) bond motifs is 3. The molecule has 0 unspecified atom stereocenters. The van der Waals surface area contributed by atoms with Crippen molar-refractivity contribution in [2.24, 2.45) is 0 Å². The van der Waals surface area contributed by atoms with Crippen molar-refractivity contribution in [3.05, 3.63) is 45.9 Å². The van der Waals surface area contributed by atoms with Crippen molar-refractivity contribution in [3.8, 4) is 0 Å². The molecule has 0 saturated carbocycles. The van der Waals surface area contributed by atoms with Gasteiger partial charge in [-0.3, -0.25) is 0 Å². The van der Waals surface area contributed by atoms with Crippen molar-refractivity contribution < 1.29 is 9.90 Å². The third-order valence-corrected chi connectivity index (χ3v) is 3.57. The number of aromatic carboxylic acids is 1. The molecule has 18 heavy (non-hydrogen) atoms. The van der Waals surface area contributed by atoms with Crippen LogP contribution in [0.5, 0.6) is 0 Å². The molecule has 1 aromatic heterocycles. The fraction of sp³-hybridized carbons (Fsp3) is 0.0714. The van der Waals surface area contributed by atoms with Crippen LogP contribution in [0.25, 0.3) is 21.8 Å². The van der Waals surface area contributed by atoms with Crippen LogP contribution in [0, 0.1) is 6.92 Å². The zero-order valence-corrected chi connectivity index (χ0v) is 11.2. The summed E-state index contributed by atoms with van der Waals surface area (Å²) in [5.41, 5.74) is 3.19. The lowest BCUT2D eigenvalue weighted by Crippen LogP contribution is -1.96. The zero-order chi connectivity index (χ0) is 12.9. The van der Waals surface area contributed by atoms with Crippen LogP contribution in [0.3, 0.4) is 0 Å². The number of nitrogens with one attached hydrogen (secondary N) is 1. The molecule has 90 valence electrons. The number of carboxylic acids is 1. The number of hydrogen-bond acceptors (Lipinski definition) is 1. The first-order valence-electron chi connectivity index (χ1n) is 5.52. The molecule has 3 aromatic rings.